The number of carbonyl (C=O) groups is 2. The highest BCUT2D eigenvalue weighted by Gasteiger charge is 2.21. The second-order valence-electron chi connectivity index (χ2n) is 3.78. The third kappa shape index (κ3) is 5.11. The van der Waals surface area contributed by atoms with E-state index in [0.717, 1.165) is 12.8 Å². The summed E-state index contributed by atoms with van der Waals surface area (Å²) in [5.74, 6) is -1.33. The van der Waals surface area contributed by atoms with Gasteiger partial charge in [-0.2, -0.15) is 0 Å². The smallest absolute Gasteiger partial charge is 0.332 e. The summed E-state index contributed by atoms with van der Waals surface area (Å²) in [6, 6.07) is 0.124. The molecule has 0 aromatic heterocycles. The molecular formula is C11H21NO4. The number of carbonyl (C=O) groups excluding carboxylic acids is 1. The Morgan fingerprint density at radius 1 is 1.19 bits per heavy atom. The van der Waals surface area contributed by atoms with Crippen LogP contribution < -0.4 is 5.32 Å². The molecule has 16 heavy (non-hydrogen) atoms. The number of carboxylic acids is 1. The number of carboxylic acid groups (broad SMARTS) is 1. The van der Waals surface area contributed by atoms with E-state index < -0.39 is 18.2 Å². The van der Waals surface area contributed by atoms with Gasteiger partial charge in [0, 0.05) is 6.04 Å². The van der Waals surface area contributed by atoms with E-state index in [9.17, 15) is 9.59 Å². The Morgan fingerprint density at radius 2 is 1.69 bits per heavy atom. The lowest BCUT2D eigenvalue weighted by molar-refractivity contribution is -0.155. The Bertz CT molecular complexity index is 238. The monoisotopic (exact) mass is 231 g/mol. The van der Waals surface area contributed by atoms with Crippen molar-refractivity contribution in [3.8, 4) is 0 Å². The zero-order chi connectivity index (χ0) is 12.7. The highest BCUT2D eigenvalue weighted by molar-refractivity contribution is 5.81. The average molecular weight is 231 g/mol. The molecule has 0 radical (unpaired) electrons. The molecule has 0 heterocycles. The van der Waals surface area contributed by atoms with Crippen molar-refractivity contribution in [3.63, 3.8) is 0 Å². The minimum Gasteiger partial charge on any atom is -0.479 e. The highest BCUT2D eigenvalue weighted by Crippen LogP contribution is 2.02. The third-order valence-electron chi connectivity index (χ3n) is 2.46. The predicted octanol–water partition coefficient (Wildman–Crippen LogP) is 1.17. The molecule has 0 saturated heterocycles. The number of ether oxygens (including phenoxy) is 1. The van der Waals surface area contributed by atoms with E-state index in [0.29, 0.717) is 0 Å². The molecule has 1 amide bonds. The van der Waals surface area contributed by atoms with Crippen molar-refractivity contribution < 1.29 is 19.4 Å². The first kappa shape index (κ1) is 14.9. The van der Waals surface area contributed by atoms with Crippen LogP contribution in [0.5, 0.6) is 0 Å². The van der Waals surface area contributed by atoms with Crippen molar-refractivity contribution in [2.45, 2.75) is 58.8 Å². The van der Waals surface area contributed by atoms with Crippen molar-refractivity contribution in [2.24, 2.45) is 0 Å². The van der Waals surface area contributed by atoms with Crippen molar-refractivity contribution in [2.75, 3.05) is 0 Å². The minimum absolute atomic E-state index is 0.124. The van der Waals surface area contributed by atoms with Gasteiger partial charge in [-0.15, -0.1) is 0 Å². The van der Waals surface area contributed by atoms with Crippen LogP contribution in [0.2, 0.25) is 0 Å². The molecule has 5 heteroatoms. The van der Waals surface area contributed by atoms with Gasteiger partial charge >= 0.3 is 5.97 Å². The summed E-state index contributed by atoms with van der Waals surface area (Å²) >= 11 is 0. The highest BCUT2D eigenvalue weighted by atomic mass is 16.5. The quantitative estimate of drug-likeness (QED) is 0.689. The standard InChI is InChI=1S/C11H21NO4/c1-5-9(6-2)12-10(13)7(3)16-8(4)11(14)15/h7-9H,5-6H2,1-4H3,(H,12,13)(H,14,15)/t7?,8-/m1/s1. The molecule has 2 N–H and O–H groups in total. The van der Waals surface area contributed by atoms with Crippen LogP contribution in [0.15, 0.2) is 0 Å². The molecule has 0 spiro atoms. The lowest BCUT2D eigenvalue weighted by Crippen LogP contribution is -2.42. The second kappa shape index (κ2) is 7.22. The van der Waals surface area contributed by atoms with E-state index in [1.54, 1.807) is 6.92 Å². The lowest BCUT2D eigenvalue weighted by Gasteiger charge is -2.20. The predicted molar refractivity (Wildman–Crippen MR) is 60.2 cm³/mol. The number of rotatable bonds is 7. The summed E-state index contributed by atoms with van der Waals surface area (Å²) in [5, 5.41) is 11.4. The molecular weight excluding hydrogens is 210 g/mol. The van der Waals surface area contributed by atoms with Crippen LogP contribution in [-0.2, 0) is 14.3 Å². The summed E-state index contributed by atoms with van der Waals surface area (Å²) in [4.78, 5) is 22.1. The van der Waals surface area contributed by atoms with Crippen molar-refractivity contribution in [3.05, 3.63) is 0 Å². The van der Waals surface area contributed by atoms with Crippen LogP contribution in [0.25, 0.3) is 0 Å². The van der Waals surface area contributed by atoms with Gasteiger partial charge in [-0.1, -0.05) is 13.8 Å². The number of aliphatic carboxylic acids is 1. The van der Waals surface area contributed by atoms with E-state index in [1.165, 1.54) is 6.92 Å². The zero-order valence-electron chi connectivity index (χ0n) is 10.3. The van der Waals surface area contributed by atoms with Gasteiger partial charge in [-0.3, -0.25) is 4.79 Å². The Hall–Kier alpha value is -1.10. The van der Waals surface area contributed by atoms with E-state index >= 15 is 0 Å². The van der Waals surface area contributed by atoms with Crippen LogP contribution in [-0.4, -0.2) is 35.2 Å². The van der Waals surface area contributed by atoms with Crippen molar-refractivity contribution in [1.82, 2.24) is 5.32 Å². The normalized spacial score (nSPS) is 14.6. The third-order valence-corrected chi connectivity index (χ3v) is 2.46. The summed E-state index contributed by atoms with van der Waals surface area (Å²) in [6.45, 7) is 6.93. The van der Waals surface area contributed by atoms with Crippen LogP contribution in [0.4, 0.5) is 0 Å². The molecule has 0 aliphatic rings. The fourth-order valence-corrected chi connectivity index (χ4v) is 1.24. The lowest BCUT2D eigenvalue weighted by atomic mass is 10.1. The number of amides is 1. The Morgan fingerprint density at radius 3 is 2.06 bits per heavy atom. The van der Waals surface area contributed by atoms with Crippen LogP contribution in [0.3, 0.4) is 0 Å². The van der Waals surface area contributed by atoms with E-state index in [1.807, 2.05) is 13.8 Å². The van der Waals surface area contributed by atoms with Crippen molar-refractivity contribution in [1.29, 1.82) is 0 Å². The molecule has 94 valence electrons. The number of hydrogen-bond acceptors (Lipinski definition) is 3. The Balaban J connectivity index is 4.13. The topological polar surface area (TPSA) is 75.6 Å². The maximum Gasteiger partial charge on any atom is 0.332 e. The van der Waals surface area contributed by atoms with Gasteiger partial charge in [-0.05, 0) is 26.7 Å². The van der Waals surface area contributed by atoms with Gasteiger partial charge in [0.2, 0.25) is 5.91 Å². The minimum atomic E-state index is -1.07. The first-order chi connectivity index (χ1) is 7.42. The fraction of sp³-hybridized carbons (Fsp3) is 0.818. The number of nitrogens with one attached hydrogen (secondary N) is 1. The summed E-state index contributed by atoms with van der Waals surface area (Å²) in [5.41, 5.74) is 0. The average Bonchev–Trinajstić information content (AvgIpc) is 2.24. The summed E-state index contributed by atoms with van der Waals surface area (Å²) < 4.78 is 5.05. The van der Waals surface area contributed by atoms with Crippen LogP contribution >= 0.6 is 0 Å². The molecule has 0 saturated carbocycles. The van der Waals surface area contributed by atoms with Gasteiger partial charge in [0.05, 0.1) is 0 Å². The molecule has 0 aromatic rings. The molecule has 0 aromatic carbocycles. The molecule has 1 unspecified atom stereocenters. The molecule has 0 aliphatic carbocycles. The first-order valence-corrected chi connectivity index (χ1v) is 5.60. The zero-order valence-corrected chi connectivity index (χ0v) is 10.3. The van der Waals surface area contributed by atoms with E-state index in [-0.39, 0.29) is 11.9 Å². The molecule has 0 aliphatic heterocycles. The molecule has 0 rings (SSSR count). The maximum absolute atomic E-state index is 11.6. The fourth-order valence-electron chi connectivity index (χ4n) is 1.24. The molecule has 2 atom stereocenters. The molecule has 0 bridgehead atoms. The van der Waals surface area contributed by atoms with E-state index in [2.05, 4.69) is 5.32 Å². The van der Waals surface area contributed by atoms with Crippen LogP contribution in [0, 0.1) is 0 Å². The van der Waals surface area contributed by atoms with Crippen molar-refractivity contribution >= 4 is 11.9 Å². The largest absolute Gasteiger partial charge is 0.479 e. The maximum atomic E-state index is 11.6. The van der Waals surface area contributed by atoms with Gasteiger partial charge < -0.3 is 15.2 Å². The SMILES string of the molecule is CCC(CC)NC(=O)C(C)O[C@H](C)C(=O)O. The van der Waals surface area contributed by atoms with Gasteiger partial charge in [-0.25, -0.2) is 4.79 Å². The molecule has 0 fully saturated rings. The van der Waals surface area contributed by atoms with Gasteiger partial charge in [0.25, 0.3) is 0 Å². The molecule has 5 nitrogen and oxygen atoms in total. The second-order valence-corrected chi connectivity index (χ2v) is 3.78. The summed E-state index contributed by atoms with van der Waals surface area (Å²) in [7, 11) is 0. The Kier molecular flexibility index (Phi) is 6.72. The summed E-state index contributed by atoms with van der Waals surface area (Å²) in [6.07, 6.45) is -0.0125. The van der Waals surface area contributed by atoms with E-state index in [4.69, 9.17) is 9.84 Å². The van der Waals surface area contributed by atoms with Gasteiger partial charge in [0.15, 0.2) is 6.10 Å². The Labute approximate surface area is 96.2 Å². The number of hydrogen-bond donors (Lipinski definition) is 2. The first-order valence-electron chi connectivity index (χ1n) is 5.60. The van der Waals surface area contributed by atoms with Gasteiger partial charge in [0.1, 0.15) is 6.10 Å². The van der Waals surface area contributed by atoms with Crippen LogP contribution in [0.1, 0.15) is 40.5 Å².